The number of amides is 2. The summed E-state index contributed by atoms with van der Waals surface area (Å²) in [5, 5.41) is 2.86. The fraction of sp³-hybridized carbons (Fsp3) is 0.261. The Labute approximate surface area is 179 Å². The summed E-state index contributed by atoms with van der Waals surface area (Å²) in [5.41, 5.74) is 2.78. The minimum atomic E-state index is -0.252. The average molecular weight is 420 g/mol. The molecule has 2 aromatic carbocycles. The van der Waals surface area contributed by atoms with Crippen molar-refractivity contribution in [2.24, 2.45) is 0 Å². The smallest absolute Gasteiger partial charge is 0.322 e. The van der Waals surface area contributed by atoms with Crippen LogP contribution >= 0.6 is 0 Å². The van der Waals surface area contributed by atoms with Gasteiger partial charge in [0.1, 0.15) is 17.3 Å². The number of urea groups is 1. The number of nitrogens with one attached hydrogen (secondary N) is 2. The largest absolute Gasteiger partial charge is 0.497 e. The number of fused-ring (bicyclic) bond motifs is 1. The monoisotopic (exact) mass is 420 g/mol. The van der Waals surface area contributed by atoms with Gasteiger partial charge < -0.3 is 24.7 Å². The van der Waals surface area contributed by atoms with E-state index in [1.807, 2.05) is 24.3 Å². The molecule has 1 aliphatic rings. The molecular weight excluding hydrogens is 396 g/mol. The number of hydrogen-bond donors (Lipinski definition) is 2. The van der Waals surface area contributed by atoms with E-state index in [-0.39, 0.29) is 18.1 Å². The van der Waals surface area contributed by atoms with Crippen molar-refractivity contribution >= 4 is 11.7 Å². The van der Waals surface area contributed by atoms with Crippen molar-refractivity contribution in [3.63, 3.8) is 0 Å². The fourth-order valence-electron chi connectivity index (χ4n) is 3.55. The number of H-pyrrole nitrogens is 1. The third kappa shape index (κ3) is 4.69. The van der Waals surface area contributed by atoms with Crippen molar-refractivity contribution in [1.29, 1.82) is 0 Å². The standard InChI is InChI=1S/C23H24N4O4/c1-30-17-7-3-15(4-8-17)13-21-25-20-11-12-27(14-19(20)22(28)26-21)23(29)24-16-5-9-18(31-2)10-6-16/h3-10H,11-14H2,1-2H3,(H,24,29)(H,25,26,28). The first kappa shape index (κ1) is 20.5. The lowest BCUT2D eigenvalue weighted by atomic mass is 10.1. The SMILES string of the molecule is COc1ccc(Cc2nc3c(c(=O)[nH]2)CN(C(=O)Nc2ccc(OC)cc2)CC3)cc1. The highest BCUT2D eigenvalue weighted by Crippen LogP contribution is 2.19. The maximum absolute atomic E-state index is 12.7. The van der Waals surface area contributed by atoms with E-state index >= 15 is 0 Å². The molecule has 0 atom stereocenters. The predicted octanol–water partition coefficient (Wildman–Crippen LogP) is 2.97. The van der Waals surface area contributed by atoms with Gasteiger partial charge in [0.15, 0.2) is 0 Å². The van der Waals surface area contributed by atoms with Crippen LogP contribution < -0.4 is 20.3 Å². The Balaban J connectivity index is 1.45. The van der Waals surface area contributed by atoms with E-state index in [0.29, 0.717) is 42.2 Å². The third-order valence-electron chi connectivity index (χ3n) is 5.28. The second kappa shape index (κ2) is 8.91. The van der Waals surface area contributed by atoms with Gasteiger partial charge in [0.2, 0.25) is 0 Å². The maximum Gasteiger partial charge on any atom is 0.322 e. The molecule has 1 aromatic heterocycles. The van der Waals surface area contributed by atoms with E-state index in [0.717, 1.165) is 17.0 Å². The van der Waals surface area contributed by atoms with Crippen molar-refractivity contribution in [3.8, 4) is 11.5 Å². The lowest BCUT2D eigenvalue weighted by Crippen LogP contribution is -2.42. The molecule has 0 fully saturated rings. The number of carbonyl (C=O) groups is 1. The minimum Gasteiger partial charge on any atom is -0.497 e. The molecule has 0 saturated carbocycles. The first-order valence-electron chi connectivity index (χ1n) is 9.99. The Morgan fingerprint density at radius 2 is 1.71 bits per heavy atom. The van der Waals surface area contributed by atoms with Gasteiger partial charge in [-0.05, 0) is 42.0 Å². The number of benzene rings is 2. The highest BCUT2D eigenvalue weighted by atomic mass is 16.5. The topological polar surface area (TPSA) is 96.5 Å². The van der Waals surface area contributed by atoms with Crippen molar-refractivity contribution in [1.82, 2.24) is 14.9 Å². The lowest BCUT2D eigenvalue weighted by molar-refractivity contribution is 0.205. The van der Waals surface area contributed by atoms with E-state index in [2.05, 4.69) is 15.3 Å². The molecule has 160 valence electrons. The van der Waals surface area contributed by atoms with E-state index in [1.54, 1.807) is 43.4 Å². The normalized spacial score (nSPS) is 12.8. The fourth-order valence-corrected chi connectivity index (χ4v) is 3.55. The molecule has 1 aliphatic heterocycles. The average Bonchev–Trinajstić information content (AvgIpc) is 2.80. The highest BCUT2D eigenvalue weighted by molar-refractivity contribution is 5.89. The van der Waals surface area contributed by atoms with Gasteiger partial charge in [-0.25, -0.2) is 9.78 Å². The van der Waals surface area contributed by atoms with E-state index in [4.69, 9.17) is 9.47 Å². The van der Waals surface area contributed by atoms with Gasteiger partial charge >= 0.3 is 6.03 Å². The Bertz CT molecular complexity index is 1120. The van der Waals surface area contributed by atoms with Crippen LogP contribution in [0.15, 0.2) is 53.3 Å². The van der Waals surface area contributed by atoms with Crippen molar-refractivity contribution in [3.05, 3.63) is 81.5 Å². The summed E-state index contributed by atoms with van der Waals surface area (Å²) in [4.78, 5) is 34.5. The maximum atomic E-state index is 12.7. The van der Waals surface area contributed by atoms with Crippen molar-refractivity contribution in [2.45, 2.75) is 19.4 Å². The van der Waals surface area contributed by atoms with Gasteiger partial charge in [0, 0.05) is 25.1 Å². The molecule has 0 unspecified atom stereocenters. The molecule has 0 bridgehead atoms. The van der Waals surface area contributed by atoms with Crippen LogP contribution in [-0.4, -0.2) is 41.7 Å². The highest BCUT2D eigenvalue weighted by Gasteiger charge is 2.24. The van der Waals surface area contributed by atoms with Crippen molar-refractivity contribution < 1.29 is 14.3 Å². The van der Waals surface area contributed by atoms with Crippen LogP contribution in [0.2, 0.25) is 0 Å². The Hall–Kier alpha value is -3.81. The van der Waals surface area contributed by atoms with Gasteiger partial charge in [0.05, 0.1) is 32.0 Å². The summed E-state index contributed by atoms with van der Waals surface area (Å²) in [7, 11) is 3.21. The number of rotatable bonds is 5. The molecule has 8 nitrogen and oxygen atoms in total. The molecule has 2 heterocycles. The van der Waals surface area contributed by atoms with Gasteiger partial charge in [-0.2, -0.15) is 0 Å². The number of aromatic amines is 1. The molecule has 0 aliphatic carbocycles. The summed E-state index contributed by atoms with van der Waals surface area (Å²) in [5.74, 6) is 2.11. The number of ether oxygens (including phenoxy) is 2. The molecule has 8 heteroatoms. The van der Waals surface area contributed by atoms with Crippen LogP contribution in [0, 0.1) is 0 Å². The molecule has 0 spiro atoms. The van der Waals surface area contributed by atoms with E-state index < -0.39 is 0 Å². The third-order valence-corrected chi connectivity index (χ3v) is 5.28. The minimum absolute atomic E-state index is 0.199. The number of methoxy groups -OCH3 is 2. The molecule has 4 rings (SSSR count). The van der Waals surface area contributed by atoms with Crippen molar-refractivity contribution in [2.75, 3.05) is 26.1 Å². The molecular formula is C23H24N4O4. The number of aromatic nitrogens is 2. The lowest BCUT2D eigenvalue weighted by Gasteiger charge is -2.28. The molecule has 3 aromatic rings. The van der Waals surface area contributed by atoms with Gasteiger partial charge in [-0.3, -0.25) is 4.79 Å². The summed E-state index contributed by atoms with van der Waals surface area (Å²) >= 11 is 0. The molecule has 2 amide bonds. The second-order valence-corrected chi connectivity index (χ2v) is 7.29. The quantitative estimate of drug-likeness (QED) is 0.662. The Kier molecular flexibility index (Phi) is 5.88. The zero-order valence-electron chi connectivity index (χ0n) is 17.5. The summed E-state index contributed by atoms with van der Waals surface area (Å²) in [6.07, 6.45) is 1.05. The van der Waals surface area contributed by atoms with Crippen LogP contribution in [0.25, 0.3) is 0 Å². The number of hydrogen-bond acceptors (Lipinski definition) is 5. The van der Waals surface area contributed by atoms with Crippen LogP contribution in [0.4, 0.5) is 10.5 Å². The summed E-state index contributed by atoms with van der Waals surface area (Å²) < 4.78 is 10.3. The second-order valence-electron chi connectivity index (χ2n) is 7.29. The van der Waals surface area contributed by atoms with Gasteiger partial charge in [-0.1, -0.05) is 12.1 Å². The molecule has 2 N–H and O–H groups in total. The van der Waals surface area contributed by atoms with E-state index in [9.17, 15) is 9.59 Å². The molecule has 0 radical (unpaired) electrons. The van der Waals surface area contributed by atoms with Crippen LogP contribution in [-0.2, 0) is 19.4 Å². The first-order chi connectivity index (χ1) is 15.1. The van der Waals surface area contributed by atoms with Gasteiger partial charge in [-0.15, -0.1) is 0 Å². The van der Waals surface area contributed by atoms with Crippen LogP contribution in [0.1, 0.15) is 22.6 Å². The zero-order chi connectivity index (χ0) is 21.8. The summed E-state index contributed by atoms with van der Waals surface area (Å²) in [6.45, 7) is 0.718. The molecule has 31 heavy (non-hydrogen) atoms. The number of nitrogens with zero attached hydrogens (tertiary/aromatic N) is 2. The Morgan fingerprint density at radius 1 is 1.06 bits per heavy atom. The van der Waals surface area contributed by atoms with Gasteiger partial charge in [0.25, 0.3) is 5.56 Å². The number of carbonyl (C=O) groups excluding carboxylic acids is 1. The van der Waals surface area contributed by atoms with Crippen LogP contribution in [0.5, 0.6) is 11.5 Å². The summed E-state index contributed by atoms with van der Waals surface area (Å²) in [6, 6.07) is 14.5. The predicted molar refractivity (Wildman–Crippen MR) is 117 cm³/mol. The number of anilines is 1. The molecule has 0 saturated heterocycles. The zero-order valence-corrected chi connectivity index (χ0v) is 17.5. The van der Waals surface area contributed by atoms with Crippen LogP contribution in [0.3, 0.4) is 0 Å². The van der Waals surface area contributed by atoms with E-state index in [1.165, 1.54) is 0 Å². The Morgan fingerprint density at radius 3 is 2.35 bits per heavy atom. The first-order valence-corrected chi connectivity index (χ1v) is 9.99.